The summed E-state index contributed by atoms with van der Waals surface area (Å²) >= 11 is 11.3. The van der Waals surface area contributed by atoms with E-state index in [1.165, 1.54) is 9.75 Å². The summed E-state index contributed by atoms with van der Waals surface area (Å²) in [6.07, 6.45) is 0.955. The summed E-state index contributed by atoms with van der Waals surface area (Å²) in [4.78, 5) is 2.41. The summed E-state index contributed by atoms with van der Waals surface area (Å²) < 4.78 is 1.06. The fourth-order valence-electron chi connectivity index (χ4n) is 1.58. The molecule has 1 atom stereocenters. The smallest absolute Gasteiger partial charge is 0.0413 e. The molecule has 1 nitrogen and oxygen atoms in total. The minimum Gasteiger partial charge on any atom is -0.323 e. The first-order chi connectivity index (χ1) is 8.11. The monoisotopic (exact) mass is 329 g/mol. The van der Waals surface area contributed by atoms with Gasteiger partial charge in [-0.15, -0.1) is 11.3 Å². The second-order valence-electron chi connectivity index (χ2n) is 3.84. The number of rotatable bonds is 3. The minimum absolute atomic E-state index is 0.131. The first-order valence-corrected chi connectivity index (χ1v) is 7.41. The summed E-state index contributed by atoms with van der Waals surface area (Å²) in [6, 6.07) is 10.1. The van der Waals surface area contributed by atoms with Gasteiger partial charge in [0.15, 0.2) is 0 Å². The van der Waals surface area contributed by atoms with E-state index in [0.717, 1.165) is 21.5 Å². The highest BCUT2D eigenvalue weighted by Crippen LogP contribution is 2.37. The fraction of sp³-hybridized carbons (Fsp3) is 0.231. The molecule has 1 unspecified atom stereocenters. The molecular weight excluding hydrogens is 318 g/mol. The molecule has 1 aromatic carbocycles. The molecule has 0 bridgehead atoms. The third-order valence-electron chi connectivity index (χ3n) is 2.63. The van der Waals surface area contributed by atoms with Crippen LogP contribution in [0, 0.1) is 0 Å². The van der Waals surface area contributed by atoms with Crippen LogP contribution in [0.25, 0.3) is 10.4 Å². The Kier molecular flexibility index (Phi) is 4.26. The molecule has 1 aromatic heterocycles. The Hall–Kier alpha value is -0.350. The van der Waals surface area contributed by atoms with E-state index >= 15 is 0 Å². The second-order valence-corrected chi connectivity index (χ2v) is 6.25. The number of benzene rings is 1. The van der Waals surface area contributed by atoms with Crippen LogP contribution in [0.3, 0.4) is 0 Å². The van der Waals surface area contributed by atoms with Gasteiger partial charge in [-0.05, 0) is 36.8 Å². The lowest BCUT2D eigenvalue weighted by molar-refractivity contribution is 0.712. The van der Waals surface area contributed by atoms with Crippen molar-refractivity contribution < 1.29 is 0 Å². The highest BCUT2D eigenvalue weighted by Gasteiger charge is 2.10. The van der Waals surface area contributed by atoms with E-state index in [9.17, 15) is 0 Å². The molecule has 0 saturated carbocycles. The van der Waals surface area contributed by atoms with Gasteiger partial charge < -0.3 is 5.73 Å². The molecule has 0 aliphatic heterocycles. The first kappa shape index (κ1) is 13.1. The molecule has 2 aromatic rings. The van der Waals surface area contributed by atoms with Crippen LogP contribution in [0.4, 0.5) is 0 Å². The zero-order chi connectivity index (χ0) is 12.4. The molecular formula is C13H13BrClNS. The molecule has 0 saturated heterocycles. The van der Waals surface area contributed by atoms with Crippen LogP contribution < -0.4 is 5.73 Å². The third kappa shape index (κ3) is 2.91. The van der Waals surface area contributed by atoms with E-state index in [2.05, 4.69) is 35.0 Å². The van der Waals surface area contributed by atoms with Gasteiger partial charge in [-0.2, -0.15) is 0 Å². The Labute approximate surface area is 119 Å². The van der Waals surface area contributed by atoms with Crippen LogP contribution in [0.1, 0.15) is 24.3 Å². The van der Waals surface area contributed by atoms with Crippen LogP contribution in [0.5, 0.6) is 0 Å². The molecule has 1 heterocycles. The molecule has 4 heteroatoms. The normalized spacial score (nSPS) is 12.7. The van der Waals surface area contributed by atoms with Gasteiger partial charge in [-0.25, -0.2) is 0 Å². The van der Waals surface area contributed by atoms with E-state index in [1.807, 2.05) is 18.2 Å². The molecule has 0 fully saturated rings. The average molecular weight is 331 g/mol. The lowest BCUT2D eigenvalue weighted by Crippen LogP contribution is -2.05. The van der Waals surface area contributed by atoms with Crippen molar-refractivity contribution in [2.24, 2.45) is 5.73 Å². The van der Waals surface area contributed by atoms with Crippen LogP contribution in [0.2, 0.25) is 5.02 Å². The summed E-state index contributed by atoms with van der Waals surface area (Å²) in [5.74, 6) is 0. The zero-order valence-electron chi connectivity index (χ0n) is 9.41. The maximum atomic E-state index is 6.03. The van der Waals surface area contributed by atoms with E-state index in [1.54, 1.807) is 11.3 Å². The van der Waals surface area contributed by atoms with Crippen molar-refractivity contribution in [1.29, 1.82) is 0 Å². The van der Waals surface area contributed by atoms with E-state index < -0.39 is 0 Å². The topological polar surface area (TPSA) is 26.0 Å². The first-order valence-electron chi connectivity index (χ1n) is 5.42. The van der Waals surface area contributed by atoms with Crippen molar-refractivity contribution in [1.82, 2.24) is 0 Å². The lowest BCUT2D eigenvalue weighted by Gasteiger charge is -2.05. The van der Waals surface area contributed by atoms with Gasteiger partial charge in [-0.1, -0.05) is 34.5 Å². The fourth-order valence-corrected chi connectivity index (χ4v) is 3.47. The molecule has 2 N–H and O–H groups in total. The molecule has 0 radical (unpaired) electrons. The van der Waals surface area contributed by atoms with Crippen LogP contribution in [-0.2, 0) is 0 Å². The van der Waals surface area contributed by atoms with Gasteiger partial charge in [0.1, 0.15) is 0 Å². The number of thiophene rings is 1. The van der Waals surface area contributed by atoms with Crippen LogP contribution in [-0.4, -0.2) is 0 Å². The maximum absolute atomic E-state index is 6.03. The van der Waals surface area contributed by atoms with Gasteiger partial charge in [0.25, 0.3) is 0 Å². The van der Waals surface area contributed by atoms with Gasteiger partial charge in [0, 0.05) is 30.9 Å². The summed E-state index contributed by atoms with van der Waals surface area (Å²) in [7, 11) is 0. The Morgan fingerprint density at radius 3 is 2.82 bits per heavy atom. The summed E-state index contributed by atoms with van der Waals surface area (Å²) in [5, 5.41) is 0.748. The average Bonchev–Trinajstić information content (AvgIpc) is 2.80. The van der Waals surface area contributed by atoms with E-state index in [4.69, 9.17) is 17.3 Å². The van der Waals surface area contributed by atoms with Gasteiger partial charge in [0.05, 0.1) is 0 Å². The van der Waals surface area contributed by atoms with Gasteiger partial charge in [0.2, 0.25) is 0 Å². The Balaban J connectivity index is 2.40. The summed E-state index contributed by atoms with van der Waals surface area (Å²) in [6.45, 7) is 2.10. The van der Waals surface area contributed by atoms with Crippen molar-refractivity contribution in [3.05, 3.63) is 44.7 Å². The number of hydrogen-bond acceptors (Lipinski definition) is 2. The molecule has 2 rings (SSSR count). The minimum atomic E-state index is 0.131. The Morgan fingerprint density at radius 1 is 1.35 bits per heavy atom. The van der Waals surface area contributed by atoms with E-state index in [0.29, 0.717) is 0 Å². The predicted molar refractivity (Wildman–Crippen MR) is 79.7 cm³/mol. The molecule has 0 spiro atoms. The molecule has 0 aliphatic rings. The third-order valence-corrected chi connectivity index (χ3v) is 4.80. The van der Waals surface area contributed by atoms with E-state index in [-0.39, 0.29) is 6.04 Å². The number of hydrogen-bond donors (Lipinski definition) is 1. The lowest BCUT2D eigenvalue weighted by atomic mass is 10.2. The molecule has 0 aliphatic carbocycles. The maximum Gasteiger partial charge on any atom is 0.0413 e. The van der Waals surface area contributed by atoms with Crippen molar-refractivity contribution in [3.8, 4) is 10.4 Å². The molecule has 90 valence electrons. The number of halogens is 2. The van der Waals surface area contributed by atoms with Crippen molar-refractivity contribution >= 4 is 38.9 Å². The molecule has 0 amide bonds. The van der Waals surface area contributed by atoms with Crippen molar-refractivity contribution in [2.45, 2.75) is 19.4 Å². The van der Waals surface area contributed by atoms with Gasteiger partial charge >= 0.3 is 0 Å². The zero-order valence-corrected chi connectivity index (χ0v) is 12.6. The van der Waals surface area contributed by atoms with Crippen LogP contribution in [0.15, 0.2) is 34.8 Å². The highest BCUT2D eigenvalue weighted by atomic mass is 79.9. The van der Waals surface area contributed by atoms with Crippen LogP contribution >= 0.6 is 38.9 Å². The largest absolute Gasteiger partial charge is 0.323 e. The predicted octanol–water partition coefficient (Wildman–Crippen LogP) is 5.24. The second kappa shape index (κ2) is 5.53. The number of nitrogens with two attached hydrogens (primary N) is 1. The summed E-state index contributed by atoms with van der Waals surface area (Å²) in [5.41, 5.74) is 7.15. The quantitative estimate of drug-likeness (QED) is 0.818. The van der Waals surface area contributed by atoms with Gasteiger partial charge in [-0.3, -0.25) is 0 Å². The Bertz CT molecular complexity index is 524. The van der Waals surface area contributed by atoms with Crippen molar-refractivity contribution in [2.75, 3.05) is 0 Å². The molecule has 17 heavy (non-hydrogen) atoms. The standard InChI is InChI=1S/C13H13BrClNS/c1-2-11(16)13-6-5-12(17-13)9-7-8(15)3-4-10(9)14/h3-7,11H,2,16H2,1H3. The Morgan fingerprint density at radius 2 is 2.12 bits per heavy atom. The SMILES string of the molecule is CCC(N)c1ccc(-c2cc(Cl)ccc2Br)s1. The highest BCUT2D eigenvalue weighted by molar-refractivity contribution is 9.10. The van der Waals surface area contributed by atoms with Crippen molar-refractivity contribution in [3.63, 3.8) is 0 Å².